The number of carbonyl (C=O) groups excluding carboxylic acids is 1. The second-order valence-electron chi connectivity index (χ2n) is 3.82. The van der Waals surface area contributed by atoms with Crippen molar-refractivity contribution >= 4 is 11.9 Å². The van der Waals surface area contributed by atoms with Gasteiger partial charge in [0.2, 0.25) is 0 Å². The van der Waals surface area contributed by atoms with Gasteiger partial charge in [-0.3, -0.25) is 4.79 Å². The number of Topliss-reactive ketones (excluding diaryl/α,β-unsaturated/α-hetero) is 1. The maximum Gasteiger partial charge on any atom is 0.159 e. The van der Waals surface area contributed by atoms with Crippen molar-refractivity contribution in [2.75, 3.05) is 0 Å². The molecule has 0 radical (unpaired) electrons. The van der Waals surface area contributed by atoms with Crippen molar-refractivity contribution in [2.45, 2.75) is 19.8 Å². The van der Waals surface area contributed by atoms with Crippen molar-refractivity contribution in [2.24, 2.45) is 0 Å². The van der Waals surface area contributed by atoms with E-state index in [1.807, 2.05) is 25.1 Å². The number of hydrogen-bond donors (Lipinski definition) is 0. The highest BCUT2D eigenvalue weighted by atomic mass is 16.1. The maximum atomic E-state index is 11.3. The summed E-state index contributed by atoms with van der Waals surface area (Å²) in [6, 6.07) is 10.1. The molecule has 0 bridgehead atoms. The fourth-order valence-electron chi connectivity index (χ4n) is 1.77. The number of allylic oxidation sites excluding steroid dienone is 3. The standard InChI is InChI=1S/C14H14O/c1-11-13(9-10-14(11)15)8-7-12-5-3-2-4-6-12/h2-8H,9-10H2,1H3/b8-7+. The number of hydrogen-bond acceptors (Lipinski definition) is 1. The summed E-state index contributed by atoms with van der Waals surface area (Å²) in [5.41, 5.74) is 3.29. The summed E-state index contributed by atoms with van der Waals surface area (Å²) in [5.74, 6) is 0.294. The quantitative estimate of drug-likeness (QED) is 0.712. The summed E-state index contributed by atoms with van der Waals surface area (Å²) in [7, 11) is 0. The Morgan fingerprint density at radius 1 is 1.07 bits per heavy atom. The molecule has 0 saturated heterocycles. The molecule has 0 atom stereocenters. The highest BCUT2D eigenvalue weighted by molar-refractivity contribution is 5.98. The van der Waals surface area contributed by atoms with Gasteiger partial charge in [-0.1, -0.05) is 42.5 Å². The Morgan fingerprint density at radius 3 is 2.40 bits per heavy atom. The SMILES string of the molecule is CC1=C(/C=C/c2ccccc2)CCC1=O. The van der Waals surface area contributed by atoms with Crippen molar-refractivity contribution in [3.8, 4) is 0 Å². The van der Waals surface area contributed by atoms with Gasteiger partial charge in [0, 0.05) is 6.42 Å². The van der Waals surface area contributed by atoms with Crippen LogP contribution in [0.2, 0.25) is 0 Å². The van der Waals surface area contributed by atoms with Crippen LogP contribution < -0.4 is 0 Å². The van der Waals surface area contributed by atoms with Gasteiger partial charge in [-0.15, -0.1) is 0 Å². The minimum absolute atomic E-state index is 0.294. The molecule has 1 aromatic rings. The van der Waals surface area contributed by atoms with Gasteiger partial charge >= 0.3 is 0 Å². The zero-order valence-electron chi connectivity index (χ0n) is 8.86. The van der Waals surface area contributed by atoms with E-state index < -0.39 is 0 Å². The first-order valence-corrected chi connectivity index (χ1v) is 5.23. The number of benzene rings is 1. The predicted molar refractivity (Wildman–Crippen MR) is 62.4 cm³/mol. The lowest BCUT2D eigenvalue weighted by Gasteiger charge is -1.94. The van der Waals surface area contributed by atoms with E-state index in [2.05, 4.69) is 24.3 Å². The van der Waals surface area contributed by atoms with E-state index in [0.29, 0.717) is 12.2 Å². The molecule has 0 aromatic heterocycles. The topological polar surface area (TPSA) is 17.1 Å². The Balaban J connectivity index is 2.17. The van der Waals surface area contributed by atoms with E-state index in [1.54, 1.807) is 0 Å². The van der Waals surface area contributed by atoms with Crippen molar-refractivity contribution in [3.63, 3.8) is 0 Å². The van der Waals surface area contributed by atoms with Gasteiger partial charge in [0.1, 0.15) is 0 Å². The molecule has 0 amide bonds. The number of rotatable bonds is 2. The molecule has 0 heterocycles. The molecule has 1 aromatic carbocycles. The summed E-state index contributed by atoms with van der Waals surface area (Å²) in [5, 5.41) is 0. The molecular formula is C14H14O. The van der Waals surface area contributed by atoms with Crippen LogP contribution in [-0.4, -0.2) is 5.78 Å². The van der Waals surface area contributed by atoms with Gasteiger partial charge in [-0.05, 0) is 30.1 Å². The highest BCUT2D eigenvalue weighted by Crippen LogP contribution is 2.23. The molecular weight excluding hydrogens is 184 g/mol. The van der Waals surface area contributed by atoms with Crippen molar-refractivity contribution in [1.29, 1.82) is 0 Å². The molecule has 0 spiro atoms. The van der Waals surface area contributed by atoms with Crippen LogP contribution in [0.15, 0.2) is 47.6 Å². The molecule has 1 aliphatic rings. The smallest absolute Gasteiger partial charge is 0.159 e. The van der Waals surface area contributed by atoms with Gasteiger partial charge in [-0.2, -0.15) is 0 Å². The summed E-state index contributed by atoms with van der Waals surface area (Å²) in [6.45, 7) is 1.92. The lowest BCUT2D eigenvalue weighted by atomic mass is 10.1. The monoisotopic (exact) mass is 198 g/mol. The predicted octanol–water partition coefficient (Wildman–Crippen LogP) is 3.38. The molecule has 76 valence electrons. The Labute approximate surface area is 90.1 Å². The lowest BCUT2D eigenvalue weighted by Crippen LogP contribution is -1.89. The van der Waals surface area contributed by atoms with Crippen LogP contribution in [0.3, 0.4) is 0 Å². The van der Waals surface area contributed by atoms with Crippen LogP contribution in [0.5, 0.6) is 0 Å². The van der Waals surface area contributed by atoms with Crippen molar-refractivity contribution in [1.82, 2.24) is 0 Å². The first-order valence-electron chi connectivity index (χ1n) is 5.23. The summed E-state index contributed by atoms with van der Waals surface area (Å²) >= 11 is 0. The normalized spacial score (nSPS) is 16.7. The average Bonchev–Trinajstić information content (AvgIpc) is 2.59. The molecule has 0 fully saturated rings. The number of carbonyl (C=O) groups is 1. The number of ketones is 1. The second kappa shape index (κ2) is 4.26. The molecule has 1 nitrogen and oxygen atoms in total. The van der Waals surface area contributed by atoms with Gasteiger partial charge in [0.15, 0.2) is 5.78 Å². The molecule has 1 aliphatic carbocycles. The summed E-state index contributed by atoms with van der Waals surface area (Å²) in [6.07, 6.45) is 5.71. The molecule has 0 saturated carbocycles. The van der Waals surface area contributed by atoms with Crippen LogP contribution in [-0.2, 0) is 4.79 Å². The molecule has 0 aliphatic heterocycles. The van der Waals surface area contributed by atoms with Gasteiger partial charge < -0.3 is 0 Å². The van der Waals surface area contributed by atoms with Crippen LogP contribution in [0, 0.1) is 0 Å². The fourth-order valence-corrected chi connectivity index (χ4v) is 1.77. The second-order valence-corrected chi connectivity index (χ2v) is 3.82. The van der Waals surface area contributed by atoms with Crippen LogP contribution >= 0.6 is 0 Å². The zero-order valence-corrected chi connectivity index (χ0v) is 8.86. The minimum atomic E-state index is 0.294. The van der Waals surface area contributed by atoms with Crippen molar-refractivity contribution < 1.29 is 4.79 Å². The highest BCUT2D eigenvalue weighted by Gasteiger charge is 2.16. The van der Waals surface area contributed by atoms with Crippen LogP contribution in [0.4, 0.5) is 0 Å². The molecule has 0 N–H and O–H groups in total. The first-order chi connectivity index (χ1) is 7.27. The van der Waals surface area contributed by atoms with E-state index in [-0.39, 0.29) is 0 Å². The van der Waals surface area contributed by atoms with Crippen LogP contribution in [0.1, 0.15) is 25.3 Å². The van der Waals surface area contributed by atoms with Gasteiger partial charge in [0.05, 0.1) is 0 Å². The minimum Gasteiger partial charge on any atom is -0.295 e. The Bertz CT molecular complexity index is 424. The molecule has 15 heavy (non-hydrogen) atoms. The van der Waals surface area contributed by atoms with E-state index in [9.17, 15) is 4.79 Å². The Kier molecular flexibility index (Phi) is 2.82. The Hall–Kier alpha value is -1.63. The lowest BCUT2D eigenvalue weighted by molar-refractivity contribution is -0.114. The summed E-state index contributed by atoms with van der Waals surface area (Å²) in [4.78, 5) is 11.3. The van der Waals surface area contributed by atoms with Crippen LogP contribution in [0.25, 0.3) is 6.08 Å². The largest absolute Gasteiger partial charge is 0.295 e. The first kappa shape index (κ1) is 9.91. The van der Waals surface area contributed by atoms with E-state index in [0.717, 1.165) is 12.0 Å². The third kappa shape index (κ3) is 2.24. The molecule has 2 rings (SSSR count). The summed E-state index contributed by atoms with van der Waals surface area (Å²) < 4.78 is 0. The Morgan fingerprint density at radius 2 is 1.80 bits per heavy atom. The van der Waals surface area contributed by atoms with Gasteiger partial charge in [0.25, 0.3) is 0 Å². The van der Waals surface area contributed by atoms with Crippen molar-refractivity contribution in [3.05, 3.63) is 53.1 Å². The maximum absolute atomic E-state index is 11.3. The molecule has 0 unspecified atom stereocenters. The van der Waals surface area contributed by atoms with E-state index in [1.165, 1.54) is 11.1 Å². The van der Waals surface area contributed by atoms with E-state index >= 15 is 0 Å². The van der Waals surface area contributed by atoms with E-state index in [4.69, 9.17) is 0 Å². The zero-order chi connectivity index (χ0) is 10.7. The third-order valence-electron chi connectivity index (χ3n) is 2.80. The third-order valence-corrected chi connectivity index (χ3v) is 2.80. The fraction of sp³-hybridized carbons (Fsp3) is 0.214. The molecule has 1 heteroatoms. The average molecular weight is 198 g/mol. The van der Waals surface area contributed by atoms with Gasteiger partial charge in [-0.25, -0.2) is 0 Å².